The van der Waals surface area contributed by atoms with Crippen LogP contribution in [0.25, 0.3) is 0 Å². The summed E-state index contributed by atoms with van der Waals surface area (Å²) < 4.78 is 8.79. The van der Waals surface area contributed by atoms with Crippen molar-refractivity contribution in [2.75, 3.05) is 6.61 Å². The minimum atomic E-state index is 0.322. The Morgan fingerprint density at radius 3 is 3.05 bits per heavy atom. The first kappa shape index (κ1) is 14.5. The van der Waals surface area contributed by atoms with Gasteiger partial charge in [0.25, 0.3) is 0 Å². The summed E-state index contributed by atoms with van der Waals surface area (Å²) in [7, 11) is 0. The van der Waals surface area contributed by atoms with E-state index in [0.717, 1.165) is 35.6 Å². The number of hydrogen-bond acceptors (Lipinski definition) is 4. The molecule has 1 aromatic carbocycles. The van der Waals surface area contributed by atoms with Crippen LogP contribution in [0, 0.1) is 0 Å². The van der Waals surface area contributed by atoms with Crippen molar-refractivity contribution in [3.63, 3.8) is 0 Å². The third-order valence-corrected chi connectivity index (χ3v) is 4.02. The van der Waals surface area contributed by atoms with Crippen molar-refractivity contribution in [1.29, 1.82) is 0 Å². The maximum absolute atomic E-state index is 5.74. The Balaban J connectivity index is 1.67. The van der Waals surface area contributed by atoms with Crippen LogP contribution in [0.15, 0.2) is 22.9 Å². The molecule has 3 rings (SSSR count). The topological polar surface area (TPSA) is 52.0 Å². The fraction of sp³-hybridized carbons (Fsp3) is 0.467. The van der Waals surface area contributed by atoms with Gasteiger partial charge in [-0.2, -0.15) is 5.10 Å². The Labute approximate surface area is 132 Å². The number of ether oxygens (including phenoxy) is 1. The van der Waals surface area contributed by atoms with E-state index in [4.69, 9.17) is 4.74 Å². The van der Waals surface area contributed by atoms with Gasteiger partial charge in [-0.3, -0.25) is 0 Å². The van der Waals surface area contributed by atoms with Crippen LogP contribution in [0.3, 0.4) is 0 Å². The number of nitrogens with zero attached hydrogens (tertiary/aromatic N) is 3. The smallest absolute Gasteiger partial charge is 0.141 e. The highest BCUT2D eigenvalue weighted by Gasteiger charge is 2.17. The lowest BCUT2D eigenvalue weighted by Gasteiger charge is -2.12. The van der Waals surface area contributed by atoms with Crippen LogP contribution in [-0.4, -0.2) is 21.4 Å². The summed E-state index contributed by atoms with van der Waals surface area (Å²) in [5.41, 5.74) is 2.47. The highest BCUT2D eigenvalue weighted by molar-refractivity contribution is 9.10. The quantitative estimate of drug-likeness (QED) is 0.900. The average Bonchev–Trinajstić information content (AvgIpc) is 3.06. The summed E-state index contributed by atoms with van der Waals surface area (Å²) in [6, 6.07) is 4.58. The molecule has 1 aliphatic heterocycles. The molecule has 6 heteroatoms. The first-order chi connectivity index (χ1) is 10.1. The first-order valence-electron chi connectivity index (χ1n) is 7.18. The van der Waals surface area contributed by atoms with Gasteiger partial charge < -0.3 is 10.1 Å². The Morgan fingerprint density at radius 2 is 2.24 bits per heavy atom. The second-order valence-corrected chi connectivity index (χ2v) is 6.39. The van der Waals surface area contributed by atoms with Crippen LogP contribution in [0.1, 0.15) is 36.8 Å². The second-order valence-electron chi connectivity index (χ2n) is 5.47. The first-order valence-corrected chi connectivity index (χ1v) is 7.97. The van der Waals surface area contributed by atoms with Crippen LogP contribution in [0.2, 0.25) is 0 Å². The molecule has 112 valence electrons. The van der Waals surface area contributed by atoms with Crippen LogP contribution >= 0.6 is 15.9 Å². The number of fused-ring (bicyclic) bond motifs is 1. The average molecular weight is 351 g/mol. The molecule has 5 nitrogen and oxygen atoms in total. The SMILES string of the molecule is CC(C)n1ncnc1CNCc1cc(Br)cc2c1OCC2. The van der Waals surface area contributed by atoms with E-state index >= 15 is 0 Å². The van der Waals surface area contributed by atoms with Gasteiger partial charge in [0.15, 0.2) is 0 Å². The fourth-order valence-electron chi connectivity index (χ4n) is 2.62. The Hall–Kier alpha value is -1.40. The maximum atomic E-state index is 5.74. The van der Waals surface area contributed by atoms with E-state index in [1.54, 1.807) is 6.33 Å². The fourth-order valence-corrected chi connectivity index (χ4v) is 3.17. The minimum Gasteiger partial charge on any atom is -0.493 e. The van der Waals surface area contributed by atoms with Gasteiger partial charge in [0.05, 0.1) is 13.2 Å². The standard InChI is InChI=1S/C15H19BrN4O/c1-10(2)20-14(18-9-19-20)8-17-7-12-6-13(16)5-11-3-4-21-15(11)12/h5-6,9-10,17H,3-4,7-8H2,1-2H3. The molecule has 0 spiro atoms. The van der Waals surface area contributed by atoms with Crippen molar-refractivity contribution in [1.82, 2.24) is 20.1 Å². The summed E-state index contributed by atoms with van der Waals surface area (Å²) >= 11 is 3.57. The van der Waals surface area contributed by atoms with Crippen molar-refractivity contribution in [2.45, 2.75) is 39.4 Å². The number of hydrogen-bond donors (Lipinski definition) is 1. The van der Waals surface area contributed by atoms with Gasteiger partial charge in [-0.25, -0.2) is 9.67 Å². The summed E-state index contributed by atoms with van der Waals surface area (Å²) in [4.78, 5) is 4.31. The zero-order valence-electron chi connectivity index (χ0n) is 12.3. The van der Waals surface area contributed by atoms with E-state index in [-0.39, 0.29) is 0 Å². The molecule has 0 amide bonds. The van der Waals surface area contributed by atoms with Gasteiger partial charge in [-0.05, 0) is 31.5 Å². The highest BCUT2D eigenvalue weighted by atomic mass is 79.9. The lowest BCUT2D eigenvalue weighted by molar-refractivity contribution is 0.352. The molecule has 0 radical (unpaired) electrons. The molecular weight excluding hydrogens is 332 g/mol. The highest BCUT2D eigenvalue weighted by Crippen LogP contribution is 2.32. The molecule has 0 atom stereocenters. The predicted octanol–water partition coefficient (Wildman–Crippen LogP) is 2.85. The third kappa shape index (κ3) is 3.11. The van der Waals surface area contributed by atoms with Crippen molar-refractivity contribution in [2.24, 2.45) is 0 Å². The molecule has 0 aliphatic carbocycles. The third-order valence-electron chi connectivity index (χ3n) is 3.56. The van der Waals surface area contributed by atoms with Gasteiger partial charge >= 0.3 is 0 Å². The summed E-state index contributed by atoms with van der Waals surface area (Å²) in [6.07, 6.45) is 2.60. The van der Waals surface area contributed by atoms with Crippen LogP contribution in [-0.2, 0) is 19.5 Å². The van der Waals surface area contributed by atoms with Crippen molar-refractivity contribution < 1.29 is 4.74 Å². The molecule has 1 aliphatic rings. The lowest BCUT2D eigenvalue weighted by Crippen LogP contribution is -2.18. The zero-order chi connectivity index (χ0) is 14.8. The van der Waals surface area contributed by atoms with Crippen molar-refractivity contribution >= 4 is 15.9 Å². The monoisotopic (exact) mass is 350 g/mol. The Bertz CT molecular complexity index is 639. The van der Waals surface area contributed by atoms with E-state index in [0.29, 0.717) is 12.6 Å². The lowest BCUT2D eigenvalue weighted by atomic mass is 10.1. The van der Waals surface area contributed by atoms with Gasteiger partial charge in [0.2, 0.25) is 0 Å². The number of benzene rings is 1. The molecule has 1 N–H and O–H groups in total. The summed E-state index contributed by atoms with van der Waals surface area (Å²) in [5, 5.41) is 7.68. The normalized spacial score (nSPS) is 13.5. The van der Waals surface area contributed by atoms with Crippen molar-refractivity contribution in [3.05, 3.63) is 39.9 Å². The Morgan fingerprint density at radius 1 is 1.38 bits per heavy atom. The van der Waals surface area contributed by atoms with Gasteiger partial charge in [-0.15, -0.1) is 0 Å². The van der Waals surface area contributed by atoms with Gasteiger partial charge in [0, 0.05) is 29.0 Å². The van der Waals surface area contributed by atoms with E-state index in [1.165, 1.54) is 11.1 Å². The number of aromatic nitrogens is 3. The number of rotatable bonds is 5. The van der Waals surface area contributed by atoms with E-state index < -0.39 is 0 Å². The van der Waals surface area contributed by atoms with Crippen LogP contribution in [0.5, 0.6) is 5.75 Å². The van der Waals surface area contributed by atoms with Crippen molar-refractivity contribution in [3.8, 4) is 5.75 Å². The van der Waals surface area contributed by atoms with Gasteiger partial charge in [-0.1, -0.05) is 15.9 Å². The molecule has 0 fully saturated rings. The molecule has 21 heavy (non-hydrogen) atoms. The number of nitrogens with one attached hydrogen (secondary N) is 1. The molecule has 0 saturated carbocycles. The molecule has 0 saturated heterocycles. The second kappa shape index (κ2) is 6.15. The Kier molecular flexibility index (Phi) is 4.26. The van der Waals surface area contributed by atoms with Crippen LogP contribution < -0.4 is 10.1 Å². The molecule has 2 aromatic rings. The van der Waals surface area contributed by atoms with E-state index in [2.05, 4.69) is 57.3 Å². The molecule has 1 aromatic heterocycles. The largest absolute Gasteiger partial charge is 0.493 e. The van der Waals surface area contributed by atoms with Crippen LogP contribution in [0.4, 0.5) is 0 Å². The predicted molar refractivity (Wildman–Crippen MR) is 84.3 cm³/mol. The van der Waals surface area contributed by atoms with Gasteiger partial charge in [0.1, 0.15) is 17.9 Å². The summed E-state index contributed by atoms with van der Waals surface area (Å²) in [5.74, 6) is 1.99. The zero-order valence-corrected chi connectivity index (χ0v) is 13.9. The van der Waals surface area contributed by atoms with E-state index in [9.17, 15) is 0 Å². The molecule has 2 heterocycles. The number of halogens is 1. The summed E-state index contributed by atoms with van der Waals surface area (Å²) in [6.45, 7) is 6.44. The molecule has 0 bridgehead atoms. The molecule has 0 unspecified atom stereocenters. The van der Waals surface area contributed by atoms with E-state index in [1.807, 2.05) is 4.68 Å². The minimum absolute atomic E-state index is 0.322. The molecular formula is C15H19BrN4O. The maximum Gasteiger partial charge on any atom is 0.141 e.